The third kappa shape index (κ3) is 4.83. The van der Waals surface area contributed by atoms with Crippen molar-refractivity contribution < 1.29 is 27.8 Å². The minimum absolute atomic E-state index is 0.0823. The number of nitrogens with zero attached hydrogens (tertiary/aromatic N) is 3. The Bertz CT molecular complexity index is 1220. The van der Waals surface area contributed by atoms with Gasteiger partial charge in [0.1, 0.15) is 42.1 Å². The van der Waals surface area contributed by atoms with Gasteiger partial charge < -0.3 is 24.8 Å². The van der Waals surface area contributed by atoms with E-state index in [1.54, 1.807) is 17.0 Å². The molecule has 2 aromatic carbocycles. The number of benzene rings is 2. The van der Waals surface area contributed by atoms with Crippen molar-refractivity contribution in [2.24, 2.45) is 4.99 Å². The molecule has 0 fully saturated rings. The molecule has 0 amide bonds. The van der Waals surface area contributed by atoms with Gasteiger partial charge in [-0.2, -0.15) is 18.4 Å². The first-order valence-electron chi connectivity index (χ1n) is 9.64. The van der Waals surface area contributed by atoms with Crippen LogP contribution in [-0.4, -0.2) is 28.9 Å². The summed E-state index contributed by atoms with van der Waals surface area (Å²) in [5, 5.41) is 21.4. The summed E-state index contributed by atoms with van der Waals surface area (Å²) in [4.78, 5) is 6.12. The van der Waals surface area contributed by atoms with E-state index in [1.807, 2.05) is 6.07 Å². The monoisotopic (exact) mass is 476 g/mol. The van der Waals surface area contributed by atoms with Crippen LogP contribution < -0.4 is 10.1 Å². The highest BCUT2D eigenvalue weighted by Crippen LogP contribution is 2.38. The van der Waals surface area contributed by atoms with Crippen LogP contribution in [0.1, 0.15) is 16.7 Å². The first-order chi connectivity index (χ1) is 15.8. The number of rotatable bonds is 5. The number of ether oxygens (including phenoxy) is 2. The van der Waals surface area contributed by atoms with Gasteiger partial charge in [-0.15, -0.1) is 0 Å². The maximum Gasteiger partial charge on any atom is 0.417 e. The number of hydrogen-bond acceptors (Lipinski definition) is 7. The van der Waals surface area contributed by atoms with Crippen LogP contribution in [0.15, 0.2) is 65.4 Å². The highest BCUT2D eigenvalue weighted by Gasteiger charge is 2.33. The molecule has 2 aliphatic rings. The van der Waals surface area contributed by atoms with Gasteiger partial charge in [-0.25, -0.2) is 0 Å². The number of hydrogen-bond donors (Lipinski definition) is 2. The van der Waals surface area contributed by atoms with Gasteiger partial charge in [0.2, 0.25) is 0 Å². The van der Waals surface area contributed by atoms with E-state index in [0.29, 0.717) is 36.2 Å². The Kier molecular flexibility index (Phi) is 6.07. The summed E-state index contributed by atoms with van der Waals surface area (Å²) < 4.78 is 50.5. The van der Waals surface area contributed by atoms with Crippen molar-refractivity contribution in [3.63, 3.8) is 0 Å². The van der Waals surface area contributed by atoms with Crippen molar-refractivity contribution in [2.75, 3.05) is 13.1 Å². The first kappa shape index (κ1) is 22.4. The number of nitriles is 1. The van der Waals surface area contributed by atoms with Crippen molar-refractivity contribution in [3.05, 3.63) is 82.2 Å². The fourth-order valence-corrected chi connectivity index (χ4v) is 3.50. The zero-order chi connectivity index (χ0) is 23.6. The first-order valence-corrected chi connectivity index (χ1v) is 10.0. The lowest BCUT2D eigenvalue weighted by Crippen LogP contribution is -2.38. The third-order valence-electron chi connectivity index (χ3n) is 4.83. The zero-order valence-electron chi connectivity index (χ0n) is 16.9. The van der Waals surface area contributed by atoms with Crippen molar-refractivity contribution in [3.8, 4) is 17.6 Å². The fraction of sp³-hybridized carbons (Fsp3) is 0.182. The van der Waals surface area contributed by atoms with E-state index in [2.05, 4.69) is 10.3 Å². The molecule has 2 heterocycles. The van der Waals surface area contributed by atoms with E-state index in [4.69, 9.17) is 21.1 Å². The molecule has 2 N–H and O–H groups in total. The number of fused-ring (bicyclic) bond motifs is 1. The van der Waals surface area contributed by atoms with Gasteiger partial charge in [-0.3, -0.25) is 4.99 Å². The number of aliphatic hydroxyl groups excluding tert-OH is 1. The quantitative estimate of drug-likeness (QED) is 0.587. The summed E-state index contributed by atoms with van der Waals surface area (Å²) >= 11 is 5.63. The molecule has 0 atom stereocenters. The number of aliphatic imine (C=N–C) groups is 1. The number of aliphatic hydroxyl groups is 1. The molecule has 0 saturated carbocycles. The lowest BCUT2D eigenvalue weighted by Gasteiger charge is -2.28. The second-order valence-electron chi connectivity index (χ2n) is 7.01. The van der Waals surface area contributed by atoms with Crippen LogP contribution in [0.25, 0.3) is 0 Å². The van der Waals surface area contributed by atoms with E-state index >= 15 is 0 Å². The second kappa shape index (κ2) is 8.96. The molecular formula is C22H16ClF3N4O3. The molecule has 0 unspecified atom stereocenters. The number of nitrogens with one attached hydrogen (secondary N) is 1. The molecule has 170 valence electrons. The van der Waals surface area contributed by atoms with Gasteiger partial charge in [-0.05, 0) is 35.9 Å². The van der Waals surface area contributed by atoms with E-state index < -0.39 is 16.8 Å². The van der Waals surface area contributed by atoms with E-state index in [1.165, 1.54) is 18.2 Å². The van der Waals surface area contributed by atoms with Gasteiger partial charge in [0.15, 0.2) is 5.88 Å². The van der Waals surface area contributed by atoms with Gasteiger partial charge >= 0.3 is 6.18 Å². The standard InChI is InChI=1S/C22H16ClF3N4O3/c23-17-3-2-15(8-16(17)22(24,25)26)33-18-4-1-13(7-14(18)10-27)12-32-21-9-19-28-5-6-30(19)20(11-31)29-21/h1-4,7-9,11,29,31H,5-6,12H2/b20-11+. The van der Waals surface area contributed by atoms with Gasteiger partial charge in [-0.1, -0.05) is 17.7 Å². The van der Waals surface area contributed by atoms with Crippen LogP contribution in [0.5, 0.6) is 11.5 Å². The molecule has 0 spiro atoms. The molecule has 0 aliphatic carbocycles. The molecule has 33 heavy (non-hydrogen) atoms. The lowest BCUT2D eigenvalue weighted by molar-refractivity contribution is -0.137. The highest BCUT2D eigenvalue weighted by molar-refractivity contribution is 6.31. The zero-order valence-corrected chi connectivity index (χ0v) is 17.6. The topological polar surface area (TPSA) is 90.1 Å². The van der Waals surface area contributed by atoms with Crippen LogP contribution >= 0.6 is 11.6 Å². The molecule has 0 bridgehead atoms. The Morgan fingerprint density at radius 1 is 1.27 bits per heavy atom. The maximum absolute atomic E-state index is 13.1. The largest absolute Gasteiger partial charge is 0.512 e. The van der Waals surface area contributed by atoms with Crippen molar-refractivity contribution in [1.82, 2.24) is 10.2 Å². The Hall–Kier alpha value is -3.84. The molecule has 0 aromatic heterocycles. The van der Waals surface area contributed by atoms with Crippen LogP contribution in [-0.2, 0) is 17.5 Å². The summed E-state index contributed by atoms with van der Waals surface area (Å²) in [6.07, 6.45) is -2.01. The number of amidine groups is 1. The van der Waals surface area contributed by atoms with Gasteiger partial charge in [0, 0.05) is 12.6 Å². The molecule has 2 aliphatic heterocycles. The van der Waals surface area contributed by atoms with Crippen LogP contribution in [0, 0.1) is 11.3 Å². The smallest absolute Gasteiger partial charge is 0.417 e. The summed E-state index contributed by atoms with van der Waals surface area (Å²) in [7, 11) is 0. The molecular weight excluding hydrogens is 461 g/mol. The predicted octanol–water partition coefficient (Wildman–Crippen LogP) is 5.05. The van der Waals surface area contributed by atoms with Gasteiger partial charge in [0.25, 0.3) is 0 Å². The Morgan fingerprint density at radius 3 is 2.82 bits per heavy atom. The highest BCUT2D eigenvalue weighted by atomic mass is 35.5. The average Bonchev–Trinajstić information content (AvgIpc) is 3.27. The van der Waals surface area contributed by atoms with Crippen molar-refractivity contribution in [2.45, 2.75) is 12.8 Å². The fourth-order valence-electron chi connectivity index (χ4n) is 3.28. The lowest BCUT2D eigenvalue weighted by atomic mass is 10.1. The van der Waals surface area contributed by atoms with Crippen molar-refractivity contribution in [1.29, 1.82) is 5.26 Å². The minimum Gasteiger partial charge on any atom is -0.512 e. The summed E-state index contributed by atoms with van der Waals surface area (Å²) in [6, 6.07) is 9.75. The molecule has 0 saturated heterocycles. The molecule has 11 heteroatoms. The minimum atomic E-state index is -4.64. The molecule has 4 rings (SSSR count). The molecule has 7 nitrogen and oxygen atoms in total. The second-order valence-corrected chi connectivity index (χ2v) is 7.42. The van der Waals surface area contributed by atoms with Gasteiger partial charge in [0.05, 0.1) is 22.7 Å². The van der Waals surface area contributed by atoms with E-state index in [-0.39, 0.29) is 23.7 Å². The van der Waals surface area contributed by atoms with Crippen LogP contribution in [0.2, 0.25) is 5.02 Å². The van der Waals surface area contributed by atoms with Crippen LogP contribution in [0.4, 0.5) is 13.2 Å². The average molecular weight is 477 g/mol. The van der Waals surface area contributed by atoms with E-state index in [9.17, 15) is 23.5 Å². The Balaban J connectivity index is 1.48. The molecule has 0 radical (unpaired) electrons. The summed E-state index contributed by atoms with van der Waals surface area (Å²) in [5.41, 5.74) is -0.285. The maximum atomic E-state index is 13.1. The summed E-state index contributed by atoms with van der Waals surface area (Å²) in [6.45, 7) is 1.33. The SMILES string of the molecule is N#Cc1cc(COC2=CC3=NCCN3/C(=C/O)N2)ccc1Oc1ccc(Cl)c(C(F)(F)F)c1. The third-order valence-corrected chi connectivity index (χ3v) is 5.16. The van der Waals surface area contributed by atoms with Crippen LogP contribution in [0.3, 0.4) is 0 Å². The number of alkyl halides is 3. The Morgan fingerprint density at radius 2 is 2.09 bits per heavy atom. The Labute approximate surface area is 191 Å². The predicted molar refractivity (Wildman–Crippen MR) is 113 cm³/mol. The van der Waals surface area contributed by atoms with Crippen molar-refractivity contribution >= 4 is 17.4 Å². The summed E-state index contributed by atoms with van der Waals surface area (Å²) in [5.74, 6) is 1.45. The van der Waals surface area contributed by atoms with E-state index in [0.717, 1.165) is 18.4 Å². The normalized spacial score (nSPS) is 16.5. The number of halogens is 4. The molecule has 2 aromatic rings.